The van der Waals surface area contributed by atoms with Gasteiger partial charge in [0.05, 0.1) is 5.69 Å². The van der Waals surface area contributed by atoms with E-state index in [0.29, 0.717) is 5.76 Å². The molecule has 0 bridgehead atoms. The summed E-state index contributed by atoms with van der Waals surface area (Å²) in [6.07, 6.45) is 1.41. The second kappa shape index (κ2) is 2.97. The number of aromatic nitrogens is 2. The van der Waals surface area contributed by atoms with Crippen molar-refractivity contribution in [2.45, 2.75) is 6.92 Å². The van der Waals surface area contributed by atoms with Crippen molar-refractivity contribution in [3.05, 3.63) is 36.0 Å². The molecule has 0 radical (unpaired) electrons. The third kappa shape index (κ3) is 1.56. The topological polar surface area (TPSA) is 38.9 Å². The summed E-state index contributed by atoms with van der Waals surface area (Å²) >= 11 is 0. The molecule has 2 rings (SSSR count). The predicted octanol–water partition coefficient (Wildman–Crippen LogP) is 2.18. The second-order valence-electron chi connectivity index (χ2n) is 2.70. The Kier molecular flexibility index (Phi) is 1.81. The number of halogens is 1. The third-order valence-electron chi connectivity index (χ3n) is 1.64. The van der Waals surface area contributed by atoms with Gasteiger partial charge in [-0.15, -0.1) is 0 Å². The van der Waals surface area contributed by atoms with Crippen LogP contribution in [0.3, 0.4) is 0 Å². The van der Waals surface area contributed by atoms with Crippen LogP contribution in [0.1, 0.15) is 5.69 Å². The molecule has 66 valence electrons. The summed E-state index contributed by atoms with van der Waals surface area (Å²) in [7, 11) is 0. The number of hydrogen-bond acceptors (Lipinski definition) is 3. The van der Waals surface area contributed by atoms with E-state index in [2.05, 4.69) is 10.1 Å². The van der Waals surface area contributed by atoms with Gasteiger partial charge in [-0.3, -0.25) is 0 Å². The van der Waals surface area contributed by atoms with Crippen LogP contribution in [0.25, 0.3) is 11.3 Å². The molecule has 0 saturated carbocycles. The Morgan fingerprint density at radius 1 is 1.38 bits per heavy atom. The molecule has 0 aromatic carbocycles. The molecule has 3 nitrogen and oxygen atoms in total. The summed E-state index contributed by atoms with van der Waals surface area (Å²) in [5.41, 5.74) is 1.52. The molecule has 0 fully saturated rings. The largest absolute Gasteiger partial charge is 0.356 e. The van der Waals surface area contributed by atoms with Gasteiger partial charge in [-0.25, -0.2) is 4.98 Å². The van der Waals surface area contributed by atoms with Crippen molar-refractivity contribution in [2.24, 2.45) is 0 Å². The number of hydrogen-bond donors (Lipinski definition) is 0. The van der Waals surface area contributed by atoms with Crippen molar-refractivity contribution in [2.75, 3.05) is 0 Å². The van der Waals surface area contributed by atoms with Crippen LogP contribution in [0.4, 0.5) is 4.39 Å². The molecule has 0 aliphatic rings. The fraction of sp³-hybridized carbons (Fsp3) is 0.111. The molecule has 2 aromatic heterocycles. The molecule has 4 heteroatoms. The maximum atomic E-state index is 12.5. The van der Waals surface area contributed by atoms with Crippen LogP contribution in [-0.2, 0) is 0 Å². The van der Waals surface area contributed by atoms with Crippen LogP contribution in [-0.4, -0.2) is 10.1 Å². The summed E-state index contributed by atoms with van der Waals surface area (Å²) in [5.74, 6) is 0.102. The van der Waals surface area contributed by atoms with Crippen molar-refractivity contribution in [3.8, 4) is 11.3 Å². The molecule has 0 N–H and O–H groups in total. The van der Waals surface area contributed by atoms with Crippen molar-refractivity contribution >= 4 is 0 Å². The van der Waals surface area contributed by atoms with Gasteiger partial charge in [-0.2, -0.15) is 4.39 Å². The first-order valence-electron chi connectivity index (χ1n) is 3.81. The van der Waals surface area contributed by atoms with Crippen molar-refractivity contribution in [1.82, 2.24) is 10.1 Å². The van der Waals surface area contributed by atoms with E-state index in [9.17, 15) is 4.39 Å². The molecule has 13 heavy (non-hydrogen) atoms. The Balaban J connectivity index is 2.41. The fourth-order valence-electron chi connectivity index (χ4n) is 1.02. The highest BCUT2D eigenvalue weighted by atomic mass is 19.1. The molecule has 0 atom stereocenters. The van der Waals surface area contributed by atoms with E-state index in [1.165, 1.54) is 12.3 Å². The number of rotatable bonds is 1. The Labute approximate surface area is 74.2 Å². The zero-order valence-electron chi connectivity index (χ0n) is 6.99. The molecular formula is C9H7FN2O. The maximum absolute atomic E-state index is 12.5. The summed E-state index contributed by atoms with van der Waals surface area (Å²) in [6, 6.07) is 4.66. The van der Waals surface area contributed by atoms with Gasteiger partial charge in [0.2, 0.25) is 5.95 Å². The van der Waals surface area contributed by atoms with E-state index in [1.807, 2.05) is 6.92 Å². The van der Waals surface area contributed by atoms with Crippen LogP contribution in [0.2, 0.25) is 0 Å². The second-order valence-corrected chi connectivity index (χ2v) is 2.70. The average molecular weight is 178 g/mol. The molecule has 2 heterocycles. The Hall–Kier alpha value is -1.71. The van der Waals surface area contributed by atoms with E-state index >= 15 is 0 Å². The van der Waals surface area contributed by atoms with E-state index in [4.69, 9.17) is 4.52 Å². The first-order valence-corrected chi connectivity index (χ1v) is 3.81. The first-order chi connectivity index (χ1) is 6.25. The lowest BCUT2D eigenvalue weighted by Crippen LogP contribution is -1.81. The first kappa shape index (κ1) is 7.91. The van der Waals surface area contributed by atoms with Crippen LogP contribution in [0.5, 0.6) is 0 Å². The van der Waals surface area contributed by atoms with Crippen LogP contribution >= 0.6 is 0 Å². The minimum absolute atomic E-state index is 0.500. The Morgan fingerprint density at radius 3 is 2.77 bits per heavy atom. The molecule has 0 unspecified atom stereocenters. The van der Waals surface area contributed by atoms with Crippen LogP contribution in [0, 0.1) is 12.9 Å². The van der Waals surface area contributed by atoms with Gasteiger partial charge in [0.25, 0.3) is 0 Å². The van der Waals surface area contributed by atoms with Gasteiger partial charge in [-0.1, -0.05) is 5.16 Å². The standard InChI is InChI=1S/C9H7FN2O/c1-6-4-8(13-12-6)7-2-3-9(10)11-5-7/h2-5H,1H3. The molecule has 2 aromatic rings. The fourth-order valence-corrected chi connectivity index (χ4v) is 1.02. The molecule has 0 spiro atoms. The average Bonchev–Trinajstić information content (AvgIpc) is 2.53. The summed E-state index contributed by atoms with van der Waals surface area (Å²) in [4.78, 5) is 3.51. The van der Waals surface area contributed by atoms with Crippen molar-refractivity contribution in [3.63, 3.8) is 0 Å². The van der Waals surface area contributed by atoms with Gasteiger partial charge in [0, 0.05) is 17.8 Å². The lowest BCUT2D eigenvalue weighted by atomic mass is 10.2. The number of nitrogens with zero attached hydrogens (tertiary/aromatic N) is 2. The molecule has 0 aliphatic carbocycles. The number of pyridine rings is 1. The Morgan fingerprint density at radius 2 is 2.23 bits per heavy atom. The maximum Gasteiger partial charge on any atom is 0.212 e. The van der Waals surface area contributed by atoms with E-state index in [-0.39, 0.29) is 0 Å². The van der Waals surface area contributed by atoms with E-state index in [1.54, 1.807) is 12.1 Å². The van der Waals surface area contributed by atoms with Gasteiger partial charge >= 0.3 is 0 Å². The number of aryl methyl sites for hydroxylation is 1. The van der Waals surface area contributed by atoms with E-state index < -0.39 is 5.95 Å². The summed E-state index contributed by atoms with van der Waals surface area (Å²) in [6.45, 7) is 1.82. The quantitative estimate of drug-likeness (QED) is 0.628. The van der Waals surface area contributed by atoms with Crippen LogP contribution in [0.15, 0.2) is 28.9 Å². The van der Waals surface area contributed by atoms with E-state index in [0.717, 1.165) is 11.3 Å². The molecule has 0 amide bonds. The molecule has 0 aliphatic heterocycles. The third-order valence-corrected chi connectivity index (χ3v) is 1.64. The SMILES string of the molecule is Cc1cc(-c2ccc(F)nc2)on1. The minimum Gasteiger partial charge on any atom is -0.356 e. The molecule has 0 saturated heterocycles. The van der Waals surface area contributed by atoms with Gasteiger partial charge in [0.15, 0.2) is 5.76 Å². The minimum atomic E-state index is -0.500. The highest BCUT2D eigenvalue weighted by molar-refractivity contribution is 5.55. The van der Waals surface area contributed by atoms with Crippen LogP contribution < -0.4 is 0 Å². The van der Waals surface area contributed by atoms with Crippen molar-refractivity contribution < 1.29 is 8.91 Å². The van der Waals surface area contributed by atoms with Crippen molar-refractivity contribution in [1.29, 1.82) is 0 Å². The summed E-state index contributed by atoms with van der Waals surface area (Å²) in [5, 5.41) is 3.72. The monoisotopic (exact) mass is 178 g/mol. The highest BCUT2D eigenvalue weighted by Crippen LogP contribution is 2.18. The lowest BCUT2D eigenvalue weighted by Gasteiger charge is -1.92. The zero-order chi connectivity index (χ0) is 9.26. The van der Waals surface area contributed by atoms with Gasteiger partial charge < -0.3 is 4.52 Å². The smallest absolute Gasteiger partial charge is 0.212 e. The highest BCUT2D eigenvalue weighted by Gasteiger charge is 2.03. The molecular weight excluding hydrogens is 171 g/mol. The zero-order valence-corrected chi connectivity index (χ0v) is 6.99. The predicted molar refractivity (Wildman–Crippen MR) is 44.4 cm³/mol. The van der Waals surface area contributed by atoms with Gasteiger partial charge in [0.1, 0.15) is 0 Å². The summed E-state index contributed by atoms with van der Waals surface area (Å²) < 4.78 is 17.4. The Bertz CT molecular complexity index is 408. The normalized spacial score (nSPS) is 10.3. The van der Waals surface area contributed by atoms with Gasteiger partial charge in [-0.05, 0) is 19.1 Å². The lowest BCUT2D eigenvalue weighted by molar-refractivity contribution is 0.427.